The molecule has 0 amide bonds. The topological polar surface area (TPSA) is 25.8 Å². The van der Waals surface area contributed by atoms with Crippen molar-refractivity contribution in [1.29, 1.82) is 0 Å². The molecule has 0 atom stereocenters. The summed E-state index contributed by atoms with van der Waals surface area (Å²) in [5.41, 5.74) is 5.16. The summed E-state index contributed by atoms with van der Waals surface area (Å²) >= 11 is 0. The van der Waals surface area contributed by atoms with Gasteiger partial charge in [-0.1, -0.05) is 75.3 Å². The maximum absolute atomic E-state index is 5.02. The largest absolute Gasteiger partial charge is 0.261 e. The first-order valence-electron chi connectivity index (χ1n) is 10.6. The first kappa shape index (κ1) is 22.6. The highest BCUT2D eigenvalue weighted by Crippen LogP contribution is 2.36. The first-order valence-corrected chi connectivity index (χ1v) is 10.6. The molecule has 0 radical (unpaired) electrons. The van der Waals surface area contributed by atoms with E-state index in [1.54, 1.807) is 0 Å². The van der Waals surface area contributed by atoms with Gasteiger partial charge in [0.15, 0.2) is 0 Å². The van der Waals surface area contributed by atoms with Crippen LogP contribution in [-0.4, -0.2) is 9.97 Å². The third-order valence-corrected chi connectivity index (χ3v) is 5.91. The van der Waals surface area contributed by atoms with E-state index in [9.17, 15) is 0 Å². The lowest BCUT2D eigenvalue weighted by Gasteiger charge is -2.32. The number of rotatable bonds is 5. The summed E-state index contributed by atoms with van der Waals surface area (Å²) in [4.78, 5) is 9.75. The van der Waals surface area contributed by atoms with Crippen LogP contribution in [0, 0.1) is 0 Å². The molecule has 0 aromatic carbocycles. The average Bonchev–Trinajstić information content (AvgIpc) is 2.59. The molecule has 0 aliphatic rings. The predicted molar refractivity (Wildman–Crippen MR) is 121 cm³/mol. The van der Waals surface area contributed by atoms with Gasteiger partial charge in [0.1, 0.15) is 0 Å². The van der Waals surface area contributed by atoms with Crippen molar-refractivity contribution >= 4 is 0 Å². The van der Waals surface area contributed by atoms with Crippen molar-refractivity contribution in [2.75, 3.05) is 0 Å². The van der Waals surface area contributed by atoms with Crippen LogP contribution >= 0.6 is 0 Å². The summed E-state index contributed by atoms with van der Waals surface area (Å²) < 4.78 is 0. The summed E-state index contributed by atoms with van der Waals surface area (Å²) in [5, 5.41) is 0. The Labute approximate surface area is 173 Å². The van der Waals surface area contributed by atoms with Gasteiger partial charge >= 0.3 is 0 Å². The minimum absolute atomic E-state index is 0.0279. The molecule has 2 rings (SSSR count). The molecule has 0 N–H and O–H groups in total. The number of nitrogens with zero attached hydrogens (tertiary/aromatic N) is 2. The number of hydrogen-bond acceptors (Lipinski definition) is 2. The third kappa shape index (κ3) is 5.43. The van der Waals surface area contributed by atoms with Crippen LogP contribution < -0.4 is 0 Å². The fraction of sp³-hybridized carbons (Fsp3) is 0.615. The monoisotopic (exact) mass is 380 g/mol. The van der Waals surface area contributed by atoms with E-state index in [0.29, 0.717) is 0 Å². The maximum atomic E-state index is 5.02. The average molecular weight is 381 g/mol. The van der Waals surface area contributed by atoms with Crippen LogP contribution in [0.25, 0.3) is 0 Å². The first-order chi connectivity index (χ1) is 12.6. The Morgan fingerprint density at radius 1 is 0.643 bits per heavy atom. The zero-order valence-corrected chi connectivity index (χ0v) is 19.8. The molecule has 154 valence electrons. The molecule has 0 saturated carbocycles. The van der Waals surface area contributed by atoms with Crippen molar-refractivity contribution < 1.29 is 0 Å². The molecule has 2 aromatic heterocycles. The summed E-state index contributed by atoms with van der Waals surface area (Å²) in [7, 11) is 0. The van der Waals surface area contributed by atoms with Crippen LogP contribution in [0.1, 0.15) is 105 Å². The normalized spacial score (nSPS) is 13.6. The van der Waals surface area contributed by atoms with Gasteiger partial charge in [-0.25, -0.2) is 0 Å². The van der Waals surface area contributed by atoms with Crippen LogP contribution in [0.3, 0.4) is 0 Å². The standard InChI is InChI=1S/C26H40N2/c1-23(2,3)19-14-17-27-22(18-19)26(9,10)16-15-25(7,8)21-13-11-12-20(28-21)24(4,5)6/h11-14,17-18H,15-16H2,1-10H3. The van der Waals surface area contributed by atoms with Gasteiger partial charge in [-0.15, -0.1) is 0 Å². The Balaban J connectivity index is 2.22. The summed E-state index contributed by atoms with van der Waals surface area (Å²) in [6, 6.07) is 10.9. The molecule has 2 aromatic rings. The van der Waals surface area contributed by atoms with E-state index in [4.69, 9.17) is 9.97 Å². The fourth-order valence-corrected chi connectivity index (χ4v) is 3.38. The van der Waals surface area contributed by atoms with E-state index >= 15 is 0 Å². The Morgan fingerprint density at radius 2 is 1.18 bits per heavy atom. The smallest absolute Gasteiger partial charge is 0.0463 e. The van der Waals surface area contributed by atoms with E-state index in [-0.39, 0.29) is 21.7 Å². The van der Waals surface area contributed by atoms with Crippen LogP contribution in [0.5, 0.6) is 0 Å². The van der Waals surface area contributed by atoms with Gasteiger partial charge in [0.2, 0.25) is 0 Å². The van der Waals surface area contributed by atoms with Crippen LogP contribution in [0.4, 0.5) is 0 Å². The fourth-order valence-electron chi connectivity index (χ4n) is 3.38. The molecular weight excluding hydrogens is 340 g/mol. The third-order valence-electron chi connectivity index (χ3n) is 5.91. The Bertz CT molecular complexity index is 732. The predicted octanol–water partition coefficient (Wildman–Crippen LogP) is 7.11. The van der Waals surface area contributed by atoms with Crippen molar-refractivity contribution in [2.24, 2.45) is 0 Å². The zero-order valence-electron chi connectivity index (χ0n) is 19.8. The Hall–Kier alpha value is -1.70. The number of pyridine rings is 2. The lowest BCUT2D eigenvalue weighted by Crippen LogP contribution is -2.27. The zero-order chi connectivity index (χ0) is 21.4. The molecule has 0 bridgehead atoms. The second-order valence-corrected chi connectivity index (χ2v) is 11.6. The highest BCUT2D eigenvalue weighted by Gasteiger charge is 2.30. The highest BCUT2D eigenvalue weighted by molar-refractivity contribution is 5.28. The molecule has 2 heterocycles. The number of aromatic nitrogens is 2. The molecule has 2 heteroatoms. The molecule has 0 aliphatic carbocycles. The lowest BCUT2D eigenvalue weighted by molar-refractivity contribution is 0.361. The quantitative estimate of drug-likeness (QED) is 0.552. The van der Waals surface area contributed by atoms with E-state index in [0.717, 1.165) is 18.5 Å². The summed E-state index contributed by atoms with van der Waals surface area (Å²) in [6.07, 6.45) is 4.11. The molecule has 0 fully saturated rings. The van der Waals surface area contributed by atoms with Crippen molar-refractivity contribution in [3.8, 4) is 0 Å². The van der Waals surface area contributed by atoms with Gasteiger partial charge in [-0.3, -0.25) is 9.97 Å². The minimum atomic E-state index is 0.0279. The number of hydrogen-bond donors (Lipinski definition) is 0. The molecule has 0 spiro atoms. The van der Waals surface area contributed by atoms with Gasteiger partial charge in [-0.05, 0) is 48.1 Å². The lowest BCUT2D eigenvalue weighted by atomic mass is 9.74. The van der Waals surface area contributed by atoms with E-state index < -0.39 is 0 Å². The van der Waals surface area contributed by atoms with Gasteiger partial charge in [0, 0.05) is 39.5 Å². The summed E-state index contributed by atoms with van der Waals surface area (Å²) in [5.74, 6) is 0. The van der Waals surface area contributed by atoms with Crippen molar-refractivity contribution in [1.82, 2.24) is 9.97 Å². The van der Waals surface area contributed by atoms with Crippen molar-refractivity contribution in [2.45, 2.75) is 104 Å². The van der Waals surface area contributed by atoms with Gasteiger partial charge in [0.25, 0.3) is 0 Å². The molecular formula is C26H40N2. The second-order valence-electron chi connectivity index (χ2n) is 11.6. The molecule has 2 nitrogen and oxygen atoms in total. The minimum Gasteiger partial charge on any atom is -0.261 e. The van der Waals surface area contributed by atoms with Crippen molar-refractivity contribution in [3.63, 3.8) is 0 Å². The van der Waals surface area contributed by atoms with E-state index in [2.05, 4.69) is 99.6 Å². The molecule has 0 unspecified atom stereocenters. The molecule has 0 saturated heterocycles. The maximum Gasteiger partial charge on any atom is 0.0463 e. The Morgan fingerprint density at radius 3 is 1.71 bits per heavy atom. The molecule has 0 aliphatic heterocycles. The van der Waals surface area contributed by atoms with Crippen LogP contribution in [0.2, 0.25) is 0 Å². The highest BCUT2D eigenvalue weighted by atomic mass is 14.8. The van der Waals surface area contributed by atoms with E-state index in [1.165, 1.54) is 17.0 Å². The molecule has 28 heavy (non-hydrogen) atoms. The Kier molecular flexibility index (Phi) is 6.14. The van der Waals surface area contributed by atoms with E-state index in [1.807, 2.05) is 6.20 Å². The van der Waals surface area contributed by atoms with Gasteiger partial charge < -0.3 is 0 Å². The summed E-state index contributed by atoms with van der Waals surface area (Å²) in [6.45, 7) is 22.7. The van der Waals surface area contributed by atoms with Gasteiger partial charge in [0.05, 0.1) is 0 Å². The van der Waals surface area contributed by atoms with Crippen molar-refractivity contribution in [3.05, 3.63) is 59.2 Å². The van der Waals surface area contributed by atoms with Gasteiger partial charge in [-0.2, -0.15) is 0 Å². The SMILES string of the molecule is CC(C)(C)c1ccnc(C(C)(C)CCC(C)(C)c2cccc(C(C)(C)C)n2)c1. The van der Waals surface area contributed by atoms with Crippen LogP contribution in [0.15, 0.2) is 36.5 Å². The van der Waals surface area contributed by atoms with Crippen LogP contribution in [-0.2, 0) is 21.7 Å². The second kappa shape index (κ2) is 7.61.